The SMILES string of the molecule is COc1ccc(Cc2ncc3c(n2)NCC=C3)cc1. The predicted octanol–water partition coefficient (Wildman–Crippen LogP) is 2.51. The molecule has 96 valence electrons. The van der Waals surface area contributed by atoms with Gasteiger partial charge >= 0.3 is 0 Å². The molecule has 1 aliphatic rings. The molecule has 1 N–H and O–H groups in total. The lowest BCUT2D eigenvalue weighted by Gasteiger charge is -2.12. The van der Waals surface area contributed by atoms with E-state index in [9.17, 15) is 0 Å². The average Bonchev–Trinajstić information content (AvgIpc) is 2.48. The van der Waals surface area contributed by atoms with Crippen molar-refractivity contribution in [1.29, 1.82) is 0 Å². The molecular weight excluding hydrogens is 238 g/mol. The number of methoxy groups -OCH3 is 1. The van der Waals surface area contributed by atoms with Crippen LogP contribution in [0.3, 0.4) is 0 Å². The van der Waals surface area contributed by atoms with Crippen molar-refractivity contribution in [2.75, 3.05) is 19.0 Å². The first-order valence-corrected chi connectivity index (χ1v) is 6.24. The van der Waals surface area contributed by atoms with Gasteiger partial charge in [-0.25, -0.2) is 9.97 Å². The molecule has 1 aromatic carbocycles. The van der Waals surface area contributed by atoms with Gasteiger partial charge in [0.15, 0.2) is 0 Å². The molecule has 2 heterocycles. The van der Waals surface area contributed by atoms with E-state index in [1.54, 1.807) is 7.11 Å². The first-order valence-electron chi connectivity index (χ1n) is 6.24. The van der Waals surface area contributed by atoms with Gasteiger partial charge in [-0.3, -0.25) is 0 Å². The van der Waals surface area contributed by atoms with Crippen LogP contribution in [0.25, 0.3) is 6.08 Å². The summed E-state index contributed by atoms with van der Waals surface area (Å²) in [5, 5.41) is 3.25. The molecule has 0 amide bonds. The van der Waals surface area contributed by atoms with Crippen molar-refractivity contribution < 1.29 is 4.74 Å². The summed E-state index contributed by atoms with van der Waals surface area (Å²) in [5.41, 5.74) is 2.22. The molecule has 0 fully saturated rings. The second kappa shape index (κ2) is 5.10. The number of hydrogen-bond donors (Lipinski definition) is 1. The molecule has 0 unspecified atom stereocenters. The molecule has 0 bridgehead atoms. The van der Waals surface area contributed by atoms with Gasteiger partial charge in [0.05, 0.1) is 7.11 Å². The molecule has 2 aromatic rings. The molecule has 19 heavy (non-hydrogen) atoms. The maximum absolute atomic E-state index is 5.14. The summed E-state index contributed by atoms with van der Waals surface area (Å²) in [4.78, 5) is 8.94. The summed E-state index contributed by atoms with van der Waals surface area (Å²) in [6, 6.07) is 7.98. The third kappa shape index (κ3) is 2.57. The lowest BCUT2D eigenvalue weighted by atomic mass is 10.1. The Labute approximate surface area is 112 Å². The van der Waals surface area contributed by atoms with Gasteiger partial charge in [0.2, 0.25) is 0 Å². The fraction of sp³-hybridized carbons (Fsp3) is 0.200. The van der Waals surface area contributed by atoms with Crippen LogP contribution < -0.4 is 10.1 Å². The quantitative estimate of drug-likeness (QED) is 0.913. The van der Waals surface area contributed by atoms with Gasteiger partial charge in [0, 0.05) is 24.7 Å². The summed E-state index contributed by atoms with van der Waals surface area (Å²) in [6.07, 6.45) is 6.70. The van der Waals surface area contributed by atoms with Crippen LogP contribution in [0.2, 0.25) is 0 Å². The van der Waals surface area contributed by atoms with E-state index in [0.29, 0.717) is 0 Å². The number of aromatic nitrogens is 2. The standard InChI is InChI=1S/C15H15N3O/c1-19-13-6-4-11(5-7-13)9-14-17-10-12-3-2-8-16-15(12)18-14/h2-7,10H,8-9H2,1H3,(H,16,17,18). The van der Waals surface area contributed by atoms with Gasteiger partial charge in [-0.15, -0.1) is 0 Å². The zero-order chi connectivity index (χ0) is 13.1. The zero-order valence-electron chi connectivity index (χ0n) is 10.8. The molecule has 3 rings (SSSR count). The van der Waals surface area contributed by atoms with Crippen molar-refractivity contribution >= 4 is 11.9 Å². The maximum Gasteiger partial charge on any atom is 0.137 e. The van der Waals surface area contributed by atoms with Gasteiger partial charge in [-0.2, -0.15) is 0 Å². The third-order valence-electron chi connectivity index (χ3n) is 3.07. The van der Waals surface area contributed by atoms with Gasteiger partial charge in [0.1, 0.15) is 17.4 Å². The summed E-state index contributed by atoms with van der Waals surface area (Å²) in [5.74, 6) is 2.61. The number of fused-ring (bicyclic) bond motifs is 1. The largest absolute Gasteiger partial charge is 0.497 e. The van der Waals surface area contributed by atoms with Crippen LogP contribution in [0.1, 0.15) is 17.0 Å². The fourth-order valence-electron chi connectivity index (χ4n) is 2.04. The first-order chi connectivity index (χ1) is 9.35. The van der Waals surface area contributed by atoms with Crippen LogP contribution in [0, 0.1) is 0 Å². The topological polar surface area (TPSA) is 47.0 Å². The minimum atomic E-state index is 0.725. The van der Waals surface area contributed by atoms with E-state index in [1.165, 1.54) is 5.56 Å². The monoisotopic (exact) mass is 253 g/mol. The highest BCUT2D eigenvalue weighted by molar-refractivity contribution is 5.65. The minimum Gasteiger partial charge on any atom is -0.497 e. The summed E-state index contributed by atoms with van der Waals surface area (Å²) < 4.78 is 5.14. The van der Waals surface area contributed by atoms with E-state index >= 15 is 0 Å². The molecule has 0 radical (unpaired) electrons. The molecule has 0 spiro atoms. The average molecular weight is 253 g/mol. The van der Waals surface area contributed by atoms with Crippen molar-refractivity contribution in [2.45, 2.75) is 6.42 Å². The number of nitrogens with one attached hydrogen (secondary N) is 1. The predicted molar refractivity (Wildman–Crippen MR) is 75.4 cm³/mol. The Morgan fingerprint density at radius 3 is 2.89 bits per heavy atom. The van der Waals surface area contributed by atoms with Crippen LogP contribution in [0.5, 0.6) is 5.75 Å². The zero-order valence-corrected chi connectivity index (χ0v) is 10.8. The number of ether oxygens (including phenoxy) is 1. The van der Waals surface area contributed by atoms with Crippen molar-refractivity contribution in [3.05, 3.63) is 53.5 Å². The second-order valence-electron chi connectivity index (χ2n) is 4.40. The van der Waals surface area contributed by atoms with Gasteiger partial charge < -0.3 is 10.1 Å². The van der Waals surface area contributed by atoms with Gasteiger partial charge in [-0.05, 0) is 17.7 Å². The van der Waals surface area contributed by atoms with Gasteiger partial charge in [-0.1, -0.05) is 24.3 Å². The molecule has 1 aliphatic heterocycles. The molecule has 4 heteroatoms. The van der Waals surface area contributed by atoms with E-state index in [-0.39, 0.29) is 0 Å². The maximum atomic E-state index is 5.14. The number of benzene rings is 1. The fourth-order valence-corrected chi connectivity index (χ4v) is 2.04. The van der Waals surface area contributed by atoms with E-state index < -0.39 is 0 Å². The Morgan fingerprint density at radius 2 is 2.11 bits per heavy atom. The first kappa shape index (κ1) is 11.7. The van der Waals surface area contributed by atoms with Crippen LogP contribution >= 0.6 is 0 Å². The van der Waals surface area contributed by atoms with Crippen LogP contribution in [-0.4, -0.2) is 23.6 Å². The highest BCUT2D eigenvalue weighted by atomic mass is 16.5. The molecule has 0 saturated carbocycles. The van der Waals surface area contributed by atoms with E-state index in [2.05, 4.69) is 21.4 Å². The Hall–Kier alpha value is -2.36. The Morgan fingerprint density at radius 1 is 1.26 bits per heavy atom. The Kier molecular flexibility index (Phi) is 3.14. The highest BCUT2D eigenvalue weighted by Gasteiger charge is 2.08. The van der Waals surface area contributed by atoms with Crippen LogP contribution in [-0.2, 0) is 6.42 Å². The van der Waals surface area contributed by atoms with Crippen molar-refractivity contribution in [2.24, 2.45) is 0 Å². The Balaban J connectivity index is 1.80. The van der Waals surface area contributed by atoms with Crippen molar-refractivity contribution in [3.8, 4) is 5.75 Å². The smallest absolute Gasteiger partial charge is 0.137 e. The molecule has 0 saturated heterocycles. The molecule has 4 nitrogen and oxygen atoms in total. The van der Waals surface area contributed by atoms with Crippen LogP contribution in [0.4, 0.5) is 5.82 Å². The molecule has 0 atom stereocenters. The van der Waals surface area contributed by atoms with Crippen molar-refractivity contribution in [1.82, 2.24) is 9.97 Å². The lowest BCUT2D eigenvalue weighted by molar-refractivity contribution is 0.414. The Bertz CT molecular complexity index is 605. The van der Waals surface area contributed by atoms with Gasteiger partial charge in [0.25, 0.3) is 0 Å². The number of anilines is 1. The van der Waals surface area contributed by atoms with Crippen molar-refractivity contribution in [3.63, 3.8) is 0 Å². The number of nitrogens with zero attached hydrogens (tertiary/aromatic N) is 2. The second-order valence-corrected chi connectivity index (χ2v) is 4.40. The highest BCUT2D eigenvalue weighted by Crippen LogP contribution is 2.18. The lowest BCUT2D eigenvalue weighted by Crippen LogP contribution is -2.09. The minimum absolute atomic E-state index is 0.725. The summed E-state index contributed by atoms with van der Waals surface area (Å²) in [7, 11) is 1.67. The summed E-state index contributed by atoms with van der Waals surface area (Å²) >= 11 is 0. The molecule has 1 aromatic heterocycles. The molecule has 0 aliphatic carbocycles. The third-order valence-corrected chi connectivity index (χ3v) is 3.07. The number of hydrogen-bond acceptors (Lipinski definition) is 4. The number of rotatable bonds is 3. The van der Waals surface area contributed by atoms with E-state index in [1.807, 2.05) is 36.5 Å². The normalized spacial score (nSPS) is 12.7. The van der Waals surface area contributed by atoms with Crippen LogP contribution in [0.15, 0.2) is 36.5 Å². The van der Waals surface area contributed by atoms with E-state index in [0.717, 1.165) is 35.9 Å². The molecular formula is C15H15N3O. The summed E-state index contributed by atoms with van der Waals surface area (Å²) in [6.45, 7) is 0.825. The van der Waals surface area contributed by atoms with E-state index in [4.69, 9.17) is 4.74 Å².